The molecule has 1 unspecified atom stereocenters. The van der Waals surface area contributed by atoms with Crippen molar-refractivity contribution in [2.75, 3.05) is 5.32 Å². The van der Waals surface area contributed by atoms with E-state index in [1.807, 2.05) is 19.9 Å². The third kappa shape index (κ3) is 2.33. The Balaban J connectivity index is 2.28. The summed E-state index contributed by atoms with van der Waals surface area (Å²) in [6, 6.07) is 6.30. The van der Waals surface area contributed by atoms with Crippen LogP contribution < -0.4 is 5.32 Å². The molecule has 0 radical (unpaired) electrons. The van der Waals surface area contributed by atoms with Crippen LogP contribution >= 0.6 is 15.9 Å². The highest BCUT2D eigenvalue weighted by atomic mass is 79.9. The van der Waals surface area contributed by atoms with Crippen molar-refractivity contribution in [3.05, 3.63) is 29.3 Å². The quantitative estimate of drug-likeness (QED) is 0.813. The Morgan fingerprint density at radius 3 is 2.78 bits per heavy atom. The first-order chi connectivity index (χ1) is 8.46. The van der Waals surface area contributed by atoms with Crippen LogP contribution in [0.3, 0.4) is 0 Å². The predicted octanol–water partition coefficient (Wildman–Crippen LogP) is 4.54. The molecular formula is C15H20BrNO. The second-order valence-electron chi connectivity index (χ2n) is 5.49. The van der Waals surface area contributed by atoms with Crippen LogP contribution in [0, 0.1) is 0 Å². The number of nitrogens with one attached hydrogen (secondary N) is 1. The summed E-state index contributed by atoms with van der Waals surface area (Å²) in [5.41, 5.74) is 2.93. The SMILES string of the molecule is CCCCC(Br)c1ccc2c(c1)C(C)(C)C(=O)N2. The first-order valence-corrected chi connectivity index (χ1v) is 7.48. The normalized spacial score (nSPS) is 18.3. The highest BCUT2D eigenvalue weighted by Gasteiger charge is 2.38. The van der Waals surface area contributed by atoms with Crippen LogP contribution in [0.25, 0.3) is 0 Å². The number of rotatable bonds is 4. The van der Waals surface area contributed by atoms with E-state index in [1.54, 1.807) is 0 Å². The van der Waals surface area contributed by atoms with Gasteiger partial charge in [0.05, 0.1) is 5.41 Å². The van der Waals surface area contributed by atoms with E-state index in [0.29, 0.717) is 4.83 Å². The third-order valence-electron chi connectivity index (χ3n) is 3.71. The molecule has 1 aromatic rings. The number of carbonyl (C=O) groups excluding carboxylic acids is 1. The molecule has 0 saturated heterocycles. The zero-order chi connectivity index (χ0) is 13.3. The summed E-state index contributed by atoms with van der Waals surface area (Å²) in [7, 11) is 0. The zero-order valence-corrected chi connectivity index (χ0v) is 12.8. The second kappa shape index (κ2) is 5.04. The summed E-state index contributed by atoms with van der Waals surface area (Å²) >= 11 is 3.74. The number of carbonyl (C=O) groups is 1. The number of fused-ring (bicyclic) bond motifs is 1. The van der Waals surface area contributed by atoms with Gasteiger partial charge in [-0.2, -0.15) is 0 Å². The number of alkyl halides is 1. The summed E-state index contributed by atoms with van der Waals surface area (Å²) in [4.78, 5) is 12.3. The molecular weight excluding hydrogens is 290 g/mol. The molecule has 1 N–H and O–H groups in total. The van der Waals surface area contributed by atoms with E-state index in [9.17, 15) is 4.79 Å². The topological polar surface area (TPSA) is 29.1 Å². The van der Waals surface area contributed by atoms with Crippen LogP contribution in [0.5, 0.6) is 0 Å². The van der Waals surface area contributed by atoms with Crippen LogP contribution in [0.4, 0.5) is 5.69 Å². The largest absolute Gasteiger partial charge is 0.325 e. The fourth-order valence-electron chi connectivity index (χ4n) is 2.33. The third-order valence-corrected chi connectivity index (χ3v) is 4.69. The van der Waals surface area contributed by atoms with Gasteiger partial charge in [0, 0.05) is 10.5 Å². The Hall–Kier alpha value is -0.830. The number of hydrogen-bond acceptors (Lipinski definition) is 1. The number of unbranched alkanes of at least 4 members (excludes halogenated alkanes) is 1. The molecule has 98 valence electrons. The molecule has 2 rings (SSSR count). The Morgan fingerprint density at radius 2 is 2.11 bits per heavy atom. The van der Waals surface area contributed by atoms with E-state index >= 15 is 0 Å². The number of amides is 1. The first kappa shape index (κ1) is 13.6. The molecule has 2 nitrogen and oxygen atoms in total. The number of anilines is 1. The average molecular weight is 310 g/mol. The monoisotopic (exact) mass is 309 g/mol. The molecule has 1 aromatic carbocycles. The predicted molar refractivity (Wildman–Crippen MR) is 79.3 cm³/mol. The summed E-state index contributed by atoms with van der Waals surface area (Å²) in [6.45, 7) is 6.16. The van der Waals surface area contributed by atoms with Gasteiger partial charge in [0.15, 0.2) is 0 Å². The van der Waals surface area contributed by atoms with E-state index < -0.39 is 5.41 Å². The maximum atomic E-state index is 11.9. The van der Waals surface area contributed by atoms with E-state index in [0.717, 1.165) is 17.7 Å². The molecule has 0 fully saturated rings. The summed E-state index contributed by atoms with van der Waals surface area (Å²) < 4.78 is 0. The van der Waals surface area contributed by atoms with Gasteiger partial charge in [-0.05, 0) is 37.5 Å². The molecule has 1 heterocycles. The molecule has 3 heteroatoms. The van der Waals surface area contributed by atoms with Crippen molar-refractivity contribution in [1.82, 2.24) is 0 Å². The van der Waals surface area contributed by atoms with Gasteiger partial charge in [-0.25, -0.2) is 0 Å². The van der Waals surface area contributed by atoms with Crippen LogP contribution in [0.15, 0.2) is 18.2 Å². The summed E-state index contributed by atoms with van der Waals surface area (Å²) in [5, 5.41) is 2.94. The Kier molecular flexibility index (Phi) is 3.81. The minimum Gasteiger partial charge on any atom is -0.325 e. The molecule has 1 amide bonds. The van der Waals surface area contributed by atoms with Crippen molar-refractivity contribution >= 4 is 27.5 Å². The van der Waals surface area contributed by atoms with Gasteiger partial charge in [-0.3, -0.25) is 4.79 Å². The Morgan fingerprint density at radius 1 is 1.39 bits per heavy atom. The summed E-state index contributed by atoms with van der Waals surface area (Å²) in [6.07, 6.45) is 3.56. The molecule has 0 saturated carbocycles. The molecule has 1 aliphatic rings. The van der Waals surface area contributed by atoms with E-state index in [4.69, 9.17) is 0 Å². The molecule has 0 bridgehead atoms. The van der Waals surface area contributed by atoms with Crippen LogP contribution in [-0.4, -0.2) is 5.91 Å². The lowest BCUT2D eigenvalue weighted by atomic mass is 9.85. The zero-order valence-electron chi connectivity index (χ0n) is 11.2. The lowest BCUT2D eigenvalue weighted by Crippen LogP contribution is -2.26. The minimum atomic E-state index is -0.414. The van der Waals surface area contributed by atoms with Gasteiger partial charge in [0.1, 0.15) is 0 Å². The van der Waals surface area contributed by atoms with Crippen molar-refractivity contribution in [2.24, 2.45) is 0 Å². The van der Waals surface area contributed by atoms with Crippen molar-refractivity contribution in [3.8, 4) is 0 Å². The lowest BCUT2D eigenvalue weighted by Gasteiger charge is -2.17. The van der Waals surface area contributed by atoms with Gasteiger partial charge in [0.25, 0.3) is 0 Å². The fourth-order valence-corrected chi connectivity index (χ4v) is 2.94. The molecule has 0 aromatic heterocycles. The molecule has 1 atom stereocenters. The average Bonchev–Trinajstić information content (AvgIpc) is 2.57. The molecule has 0 spiro atoms. The maximum Gasteiger partial charge on any atom is 0.234 e. The standard InChI is InChI=1S/C15H20BrNO/c1-4-5-6-12(16)10-7-8-13-11(9-10)15(2,3)14(18)17-13/h7-9,12H,4-6H2,1-3H3,(H,17,18). The molecule has 1 aliphatic heterocycles. The highest BCUT2D eigenvalue weighted by Crippen LogP contribution is 2.40. The smallest absolute Gasteiger partial charge is 0.234 e. The Bertz CT molecular complexity index is 468. The van der Waals surface area contributed by atoms with E-state index in [1.165, 1.54) is 18.4 Å². The second-order valence-corrected chi connectivity index (χ2v) is 6.60. The number of halogens is 1. The van der Waals surface area contributed by atoms with E-state index in [2.05, 4.69) is 40.3 Å². The maximum absolute atomic E-state index is 11.9. The first-order valence-electron chi connectivity index (χ1n) is 6.56. The number of hydrogen-bond donors (Lipinski definition) is 1. The minimum absolute atomic E-state index is 0.0920. The van der Waals surface area contributed by atoms with Gasteiger partial charge >= 0.3 is 0 Å². The highest BCUT2D eigenvalue weighted by molar-refractivity contribution is 9.09. The lowest BCUT2D eigenvalue weighted by molar-refractivity contribution is -0.119. The van der Waals surface area contributed by atoms with Crippen molar-refractivity contribution in [3.63, 3.8) is 0 Å². The van der Waals surface area contributed by atoms with E-state index in [-0.39, 0.29) is 5.91 Å². The Labute approximate surface area is 117 Å². The van der Waals surface area contributed by atoms with Crippen molar-refractivity contribution in [2.45, 2.75) is 50.3 Å². The van der Waals surface area contributed by atoms with Gasteiger partial charge in [0.2, 0.25) is 5.91 Å². The van der Waals surface area contributed by atoms with Crippen molar-refractivity contribution in [1.29, 1.82) is 0 Å². The van der Waals surface area contributed by atoms with Gasteiger partial charge < -0.3 is 5.32 Å². The fraction of sp³-hybridized carbons (Fsp3) is 0.533. The van der Waals surface area contributed by atoms with Crippen LogP contribution in [-0.2, 0) is 10.2 Å². The van der Waals surface area contributed by atoms with Crippen molar-refractivity contribution < 1.29 is 4.79 Å². The molecule has 0 aliphatic carbocycles. The van der Waals surface area contributed by atoms with Crippen LogP contribution in [0.2, 0.25) is 0 Å². The molecule has 18 heavy (non-hydrogen) atoms. The van der Waals surface area contributed by atoms with Gasteiger partial charge in [-0.1, -0.05) is 47.8 Å². The van der Waals surface area contributed by atoms with Gasteiger partial charge in [-0.15, -0.1) is 0 Å². The van der Waals surface area contributed by atoms with Crippen LogP contribution in [0.1, 0.15) is 56.0 Å². The summed E-state index contributed by atoms with van der Waals surface area (Å²) in [5.74, 6) is 0.0920. The number of benzene rings is 1.